The van der Waals surface area contributed by atoms with Crippen LogP contribution >= 0.6 is 0 Å². The Hall–Kier alpha value is -1.32. The first kappa shape index (κ1) is 23.7. The molecule has 0 aliphatic heterocycles. The van der Waals surface area contributed by atoms with E-state index in [2.05, 4.69) is 24.1 Å². The fourth-order valence-electron chi connectivity index (χ4n) is 2.72. The van der Waals surface area contributed by atoms with E-state index in [1.165, 1.54) is 70.6 Å². The molecule has 0 radical (unpaired) electrons. The minimum Gasteiger partial charge on any atom is -0.356 e. The molecule has 0 saturated carbocycles. The number of hydrogen-bond acceptors (Lipinski definition) is 2. The van der Waals surface area contributed by atoms with E-state index in [1.54, 1.807) is 6.92 Å². The Morgan fingerprint density at radius 3 is 1.68 bits per heavy atom. The molecule has 146 valence electrons. The summed E-state index contributed by atoms with van der Waals surface area (Å²) >= 11 is 0. The molecule has 4 nitrogen and oxygen atoms in total. The zero-order valence-electron chi connectivity index (χ0n) is 16.6. The molecule has 0 aromatic rings. The number of unbranched alkanes of at least 4 members (excludes halogenated alkanes) is 11. The van der Waals surface area contributed by atoms with Crippen molar-refractivity contribution in [3.63, 3.8) is 0 Å². The first-order valence-corrected chi connectivity index (χ1v) is 10.3. The van der Waals surface area contributed by atoms with Crippen molar-refractivity contribution in [3.8, 4) is 0 Å². The van der Waals surface area contributed by atoms with E-state index >= 15 is 0 Å². The number of nitrogens with one attached hydrogen (secondary N) is 2. The van der Waals surface area contributed by atoms with Gasteiger partial charge in [-0.05, 0) is 13.3 Å². The lowest BCUT2D eigenvalue weighted by molar-refractivity contribution is -0.121. The molecule has 0 aromatic carbocycles. The molecule has 0 fully saturated rings. The molecule has 0 aliphatic rings. The highest BCUT2D eigenvalue weighted by Crippen LogP contribution is 2.11. The minimum atomic E-state index is -0.186. The molecular formula is C21H40N2O2. The van der Waals surface area contributed by atoms with Gasteiger partial charge >= 0.3 is 0 Å². The molecule has 0 rings (SSSR count). The monoisotopic (exact) mass is 352 g/mol. The molecule has 0 aromatic heterocycles. The Morgan fingerprint density at radius 1 is 0.720 bits per heavy atom. The maximum absolute atomic E-state index is 11.6. The molecule has 0 heterocycles. The predicted octanol–water partition coefficient (Wildman–Crippen LogP) is 4.89. The summed E-state index contributed by atoms with van der Waals surface area (Å²) < 4.78 is 0. The highest BCUT2D eigenvalue weighted by atomic mass is 16.2. The molecule has 0 aliphatic carbocycles. The standard InChI is InChI=1S/C21H40N2O2/c1-4-5-6-7-8-9-10-11-12-13-14-15-17-22-20(24)16-18-23-21(25)19(2)3/h2,4-18H2,1,3H3,(H,22,24)(H,23,25). The molecule has 0 bridgehead atoms. The third-order valence-electron chi connectivity index (χ3n) is 4.38. The van der Waals surface area contributed by atoms with Gasteiger partial charge in [0.15, 0.2) is 0 Å². The van der Waals surface area contributed by atoms with Crippen molar-refractivity contribution in [3.05, 3.63) is 12.2 Å². The molecule has 4 heteroatoms. The summed E-state index contributed by atoms with van der Waals surface area (Å²) in [6.07, 6.45) is 16.2. The molecular weight excluding hydrogens is 312 g/mol. The Labute approximate surface area is 155 Å². The van der Waals surface area contributed by atoms with Crippen molar-refractivity contribution in [2.24, 2.45) is 0 Å². The van der Waals surface area contributed by atoms with Gasteiger partial charge in [-0.15, -0.1) is 0 Å². The van der Waals surface area contributed by atoms with Crippen molar-refractivity contribution in [1.29, 1.82) is 0 Å². The molecule has 0 spiro atoms. The van der Waals surface area contributed by atoms with Crippen LogP contribution in [-0.2, 0) is 9.59 Å². The van der Waals surface area contributed by atoms with Gasteiger partial charge in [-0.1, -0.05) is 84.1 Å². The van der Waals surface area contributed by atoms with E-state index in [4.69, 9.17) is 0 Å². The van der Waals surface area contributed by atoms with E-state index in [1.807, 2.05) is 0 Å². The van der Waals surface area contributed by atoms with Crippen LogP contribution in [0.3, 0.4) is 0 Å². The summed E-state index contributed by atoms with van der Waals surface area (Å²) in [4.78, 5) is 22.9. The van der Waals surface area contributed by atoms with E-state index in [0.29, 0.717) is 18.5 Å². The Kier molecular flexibility index (Phi) is 16.6. The number of rotatable bonds is 17. The topological polar surface area (TPSA) is 58.2 Å². The SMILES string of the molecule is C=C(C)C(=O)NCCC(=O)NCCCCCCCCCCCCCC. The van der Waals surface area contributed by atoms with E-state index in [-0.39, 0.29) is 11.8 Å². The summed E-state index contributed by atoms with van der Waals surface area (Å²) in [5, 5.41) is 5.57. The number of carbonyl (C=O) groups is 2. The van der Waals surface area contributed by atoms with Gasteiger partial charge in [-0.3, -0.25) is 9.59 Å². The van der Waals surface area contributed by atoms with Gasteiger partial charge in [-0.2, -0.15) is 0 Å². The van der Waals surface area contributed by atoms with Crippen LogP contribution in [0, 0.1) is 0 Å². The summed E-state index contributed by atoms with van der Waals surface area (Å²) in [5.41, 5.74) is 0.469. The van der Waals surface area contributed by atoms with Crippen LogP contribution in [0.4, 0.5) is 0 Å². The average Bonchev–Trinajstić information content (AvgIpc) is 2.58. The lowest BCUT2D eigenvalue weighted by atomic mass is 10.1. The van der Waals surface area contributed by atoms with Crippen molar-refractivity contribution >= 4 is 11.8 Å². The van der Waals surface area contributed by atoms with Gasteiger partial charge in [0.25, 0.3) is 0 Å². The minimum absolute atomic E-state index is 0.00471. The van der Waals surface area contributed by atoms with E-state index in [9.17, 15) is 9.59 Å². The predicted molar refractivity (Wildman–Crippen MR) is 107 cm³/mol. The second-order valence-electron chi connectivity index (χ2n) is 7.03. The lowest BCUT2D eigenvalue weighted by Crippen LogP contribution is -2.31. The van der Waals surface area contributed by atoms with Crippen LogP contribution in [0.5, 0.6) is 0 Å². The Balaban J connectivity index is 3.23. The first-order valence-electron chi connectivity index (χ1n) is 10.3. The van der Waals surface area contributed by atoms with Crippen LogP contribution in [0.15, 0.2) is 12.2 Å². The highest BCUT2D eigenvalue weighted by molar-refractivity contribution is 5.92. The number of carbonyl (C=O) groups excluding carboxylic acids is 2. The summed E-state index contributed by atoms with van der Waals surface area (Å²) in [7, 11) is 0. The van der Waals surface area contributed by atoms with Crippen LogP contribution in [-0.4, -0.2) is 24.9 Å². The maximum Gasteiger partial charge on any atom is 0.246 e. The van der Waals surface area contributed by atoms with Gasteiger partial charge in [0, 0.05) is 25.1 Å². The fourth-order valence-corrected chi connectivity index (χ4v) is 2.72. The highest BCUT2D eigenvalue weighted by Gasteiger charge is 2.03. The zero-order chi connectivity index (χ0) is 18.8. The molecule has 25 heavy (non-hydrogen) atoms. The van der Waals surface area contributed by atoms with Crippen LogP contribution in [0.1, 0.15) is 97.3 Å². The molecule has 2 N–H and O–H groups in total. The largest absolute Gasteiger partial charge is 0.356 e. The lowest BCUT2D eigenvalue weighted by Gasteiger charge is -2.07. The van der Waals surface area contributed by atoms with Crippen molar-refractivity contribution in [2.75, 3.05) is 13.1 Å². The number of hydrogen-bond donors (Lipinski definition) is 2. The van der Waals surface area contributed by atoms with Crippen molar-refractivity contribution in [1.82, 2.24) is 10.6 Å². The van der Waals surface area contributed by atoms with Crippen molar-refractivity contribution < 1.29 is 9.59 Å². The fraction of sp³-hybridized carbons (Fsp3) is 0.810. The summed E-state index contributed by atoms with van der Waals surface area (Å²) in [5.74, 6) is -0.182. The molecule has 2 amide bonds. The summed E-state index contributed by atoms with van der Waals surface area (Å²) in [6, 6.07) is 0. The summed E-state index contributed by atoms with van der Waals surface area (Å²) in [6.45, 7) is 8.58. The van der Waals surface area contributed by atoms with E-state index in [0.717, 1.165) is 13.0 Å². The smallest absolute Gasteiger partial charge is 0.246 e. The number of amides is 2. The van der Waals surface area contributed by atoms with E-state index < -0.39 is 0 Å². The van der Waals surface area contributed by atoms with Crippen molar-refractivity contribution in [2.45, 2.75) is 97.3 Å². The van der Waals surface area contributed by atoms with Gasteiger partial charge < -0.3 is 10.6 Å². The molecule has 0 unspecified atom stereocenters. The molecule has 0 atom stereocenters. The zero-order valence-corrected chi connectivity index (χ0v) is 16.6. The van der Waals surface area contributed by atoms with Gasteiger partial charge in [0.1, 0.15) is 0 Å². The first-order chi connectivity index (χ1) is 12.1. The van der Waals surface area contributed by atoms with Crippen LogP contribution < -0.4 is 10.6 Å². The second-order valence-corrected chi connectivity index (χ2v) is 7.03. The quantitative estimate of drug-likeness (QED) is 0.289. The maximum atomic E-state index is 11.6. The second kappa shape index (κ2) is 17.5. The normalized spacial score (nSPS) is 10.5. The van der Waals surface area contributed by atoms with Gasteiger partial charge in [0.2, 0.25) is 11.8 Å². The third kappa shape index (κ3) is 17.3. The van der Waals surface area contributed by atoms with Gasteiger partial charge in [0.05, 0.1) is 0 Å². The van der Waals surface area contributed by atoms with Crippen LogP contribution in [0.2, 0.25) is 0 Å². The van der Waals surface area contributed by atoms with Gasteiger partial charge in [-0.25, -0.2) is 0 Å². The average molecular weight is 353 g/mol. The van der Waals surface area contributed by atoms with Crippen LogP contribution in [0.25, 0.3) is 0 Å². The Morgan fingerprint density at radius 2 is 1.20 bits per heavy atom. The Bertz CT molecular complexity index is 367. The third-order valence-corrected chi connectivity index (χ3v) is 4.38. The molecule has 0 saturated heterocycles.